The van der Waals surface area contributed by atoms with E-state index in [2.05, 4.69) is 10.3 Å². The highest BCUT2D eigenvalue weighted by atomic mass is 35.5. The molecule has 9 heteroatoms. The maximum Gasteiger partial charge on any atom is 0.257 e. The number of carbonyl (C=O) groups excluding carboxylic acids is 1. The maximum atomic E-state index is 12.6. The first kappa shape index (κ1) is 18.6. The SMILES string of the molecule is CS(=O)(=O)c1cc(Cl)cc(NC(=O)c2cc(C#N)n(-c3ccccn3)c2)c1. The van der Waals surface area contributed by atoms with Crippen LogP contribution in [0.4, 0.5) is 5.69 Å². The van der Waals surface area contributed by atoms with Crippen LogP contribution in [0.15, 0.2) is 59.8 Å². The fourth-order valence-corrected chi connectivity index (χ4v) is 3.39. The highest BCUT2D eigenvalue weighted by molar-refractivity contribution is 7.90. The lowest BCUT2D eigenvalue weighted by Gasteiger charge is -2.07. The van der Waals surface area contributed by atoms with E-state index in [0.29, 0.717) is 5.82 Å². The number of benzene rings is 1. The number of nitrogens with zero attached hydrogens (tertiary/aromatic N) is 3. The van der Waals surface area contributed by atoms with E-state index in [1.54, 1.807) is 24.4 Å². The van der Waals surface area contributed by atoms with Crippen molar-refractivity contribution < 1.29 is 13.2 Å². The Morgan fingerprint density at radius 3 is 2.67 bits per heavy atom. The second kappa shape index (κ2) is 7.23. The standard InChI is InChI=1S/C18H13ClN4O3S/c1-27(25,26)16-8-13(19)7-14(9-16)22-18(24)12-6-15(10-20)23(11-12)17-4-2-3-5-21-17/h2-9,11H,1H3,(H,22,24). The zero-order valence-electron chi connectivity index (χ0n) is 14.0. The predicted octanol–water partition coefficient (Wildman–Crippen LogP) is 3.05. The van der Waals surface area contributed by atoms with Crippen LogP contribution in [0.1, 0.15) is 16.1 Å². The van der Waals surface area contributed by atoms with E-state index >= 15 is 0 Å². The van der Waals surface area contributed by atoms with Crippen LogP contribution in [-0.4, -0.2) is 30.1 Å². The predicted molar refractivity (Wildman–Crippen MR) is 101 cm³/mol. The number of nitriles is 1. The molecule has 0 aliphatic heterocycles. The number of rotatable bonds is 4. The molecule has 1 N–H and O–H groups in total. The molecular formula is C18H13ClN4O3S. The van der Waals surface area contributed by atoms with E-state index in [9.17, 15) is 18.5 Å². The number of nitrogens with one attached hydrogen (secondary N) is 1. The third-order valence-electron chi connectivity index (χ3n) is 3.65. The van der Waals surface area contributed by atoms with Gasteiger partial charge in [-0.1, -0.05) is 17.7 Å². The minimum absolute atomic E-state index is 0.00549. The highest BCUT2D eigenvalue weighted by Crippen LogP contribution is 2.23. The van der Waals surface area contributed by atoms with E-state index in [0.717, 1.165) is 6.26 Å². The van der Waals surface area contributed by atoms with Gasteiger partial charge in [-0.05, 0) is 36.4 Å². The first-order valence-corrected chi connectivity index (χ1v) is 9.91. The zero-order chi connectivity index (χ0) is 19.6. The number of amides is 1. The molecule has 0 radical (unpaired) electrons. The molecule has 0 fully saturated rings. The molecule has 0 bridgehead atoms. The first-order chi connectivity index (χ1) is 12.8. The molecule has 0 aliphatic carbocycles. The van der Waals surface area contributed by atoms with Crippen molar-refractivity contribution in [3.63, 3.8) is 0 Å². The van der Waals surface area contributed by atoms with Crippen molar-refractivity contribution in [2.75, 3.05) is 11.6 Å². The number of sulfone groups is 1. The largest absolute Gasteiger partial charge is 0.322 e. The van der Waals surface area contributed by atoms with Gasteiger partial charge in [-0.3, -0.25) is 9.36 Å². The van der Waals surface area contributed by atoms with Gasteiger partial charge in [0, 0.05) is 29.4 Å². The Hall–Kier alpha value is -3.15. The summed E-state index contributed by atoms with van der Waals surface area (Å²) in [4.78, 5) is 16.7. The van der Waals surface area contributed by atoms with Gasteiger partial charge in [0.15, 0.2) is 9.84 Å². The number of hydrogen-bond donors (Lipinski definition) is 1. The number of carbonyl (C=O) groups is 1. The molecule has 0 saturated heterocycles. The van der Waals surface area contributed by atoms with E-state index in [4.69, 9.17) is 11.6 Å². The molecule has 2 aromatic heterocycles. The molecule has 3 aromatic rings. The van der Waals surface area contributed by atoms with Crippen LogP contribution >= 0.6 is 11.6 Å². The van der Waals surface area contributed by atoms with Crippen molar-refractivity contribution in [2.45, 2.75) is 4.90 Å². The molecule has 1 aromatic carbocycles. The van der Waals surface area contributed by atoms with Crippen LogP contribution < -0.4 is 5.32 Å². The lowest BCUT2D eigenvalue weighted by atomic mass is 10.2. The third kappa shape index (κ3) is 4.16. The van der Waals surface area contributed by atoms with E-state index in [1.807, 2.05) is 6.07 Å². The molecule has 7 nitrogen and oxygen atoms in total. The smallest absolute Gasteiger partial charge is 0.257 e. The number of hydrogen-bond acceptors (Lipinski definition) is 5. The molecule has 0 spiro atoms. The number of anilines is 1. The average molecular weight is 401 g/mol. The van der Waals surface area contributed by atoms with Crippen molar-refractivity contribution >= 4 is 33.0 Å². The second-order valence-corrected chi connectivity index (χ2v) is 8.14. The monoisotopic (exact) mass is 400 g/mol. The summed E-state index contributed by atoms with van der Waals surface area (Å²) in [6.07, 6.45) is 4.11. The number of pyridine rings is 1. The number of aromatic nitrogens is 2. The Labute approximate surface area is 160 Å². The topological polar surface area (TPSA) is 105 Å². The fraction of sp³-hybridized carbons (Fsp3) is 0.0556. The second-order valence-electron chi connectivity index (χ2n) is 5.69. The Kier molecular flexibility index (Phi) is 4.99. The fourth-order valence-electron chi connectivity index (χ4n) is 2.41. The van der Waals surface area contributed by atoms with Crippen molar-refractivity contribution in [1.29, 1.82) is 5.26 Å². The Balaban J connectivity index is 1.93. The summed E-state index contributed by atoms with van der Waals surface area (Å²) >= 11 is 5.95. The molecule has 27 heavy (non-hydrogen) atoms. The summed E-state index contributed by atoms with van der Waals surface area (Å²) in [7, 11) is -3.48. The summed E-state index contributed by atoms with van der Waals surface area (Å²) in [6.45, 7) is 0. The average Bonchev–Trinajstić information content (AvgIpc) is 3.06. The summed E-state index contributed by atoms with van der Waals surface area (Å²) in [5.41, 5.74) is 0.692. The van der Waals surface area contributed by atoms with Gasteiger partial charge >= 0.3 is 0 Å². The van der Waals surface area contributed by atoms with Crippen molar-refractivity contribution in [3.8, 4) is 11.9 Å². The molecule has 0 saturated carbocycles. The van der Waals surface area contributed by atoms with E-state index in [-0.39, 0.29) is 26.9 Å². The van der Waals surface area contributed by atoms with Crippen molar-refractivity contribution in [3.05, 3.63) is 71.1 Å². The summed E-state index contributed by atoms with van der Waals surface area (Å²) in [6, 6.07) is 12.7. The minimum Gasteiger partial charge on any atom is -0.322 e. The van der Waals surface area contributed by atoms with Crippen molar-refractivity contribution in [2.24, 2.45) is 0 Å². The lowest BCUT2D eigenvalue weighted by molar-refractivity contribution is 0.102. The van der Waals surface area contributed by atoms with Gasteiger partial charge < -0.3 is 5.32 Å². The normalized spacial score (nSPS) is 11.0. The van der Waals surface area contributed by atoms with E-state index in [1.165, 1.54) is 35.0 Å². The van der Waals surface area contributed by atoms with Crippen LogP contribution in [0.2, 0.25) is 5.02 Å². The Morgan fingerprint density at radius 1 is 1.26 bits per heavy atom. The van der Waals surface area contributed by atoms with Gasteiger partial charge in [0.05, 0.1) is 10.5 Å². The van der Waals surface area contributed by atoms with E-state index < -0.39 is 15.7 Å². The van der Waals surface area contributed by atoms with Crippen LogP contribution in [-0.2, 0) is 9.84 Å². The van der Waals surface area contributed by atoms with Gasteiger partial charge in [-0.25, -0.2) is 13.4 Å². The molecule has 3 rings (SSSR count). The molecule has 136 valence electrons. The summed E-state index contributed by atoms with van der Waals surface area (Å²) in [5.74, 6) is -0.0156. The van der Waals surface area contributed by atoms with Gasteiger partial charge in [0.2, 0.25) is 0 Å². The van der Waals surface area contributed by atoms with Crippen LogP contribution in [0, 0.1) is 11.3 Å². The summed E-state index contributed by atoms with van der Waals surface area (Å²) in [5, 5.41) is 12.1. The molecule has 1 amide bonds. The molecule has 2 heterocycles. The Morgan fingerprint density at radius 2 is 2.04 bits per heavy atom. The maximum absolute atomic E-state index is 12.6. The van der Waals surface area contributed by atoms with Gasteiger partial charge in [0.25, 0.3) is 5.91 Å². The lowest BCUT2D eigenvalue weighted by Crippen LogP contribution is -2.12. The van der Waals surface area contributed by atoms with Gasteiger partial charge in [-0.15, -0.1) is 0 Å². The third-order valence-corrected chi connectivity index (χ3v) is 4.96. The van der Waals surface area contributed by atoms with Crippen LogP contribution in [0.3, 0.4) is 0 Å². The van der Waals surface area contributed by atoms with Crippen LogP contribution in [0.25, 0.3) is 5.82 Å². The van der Waals surface area contributed by atoms with Gasteiger partial charge in [-0.2, -0.15) is 5.26 Å². The molecule has 0 aliphatic rings. The van der Waals surface area contributed by atoms with Crippen LogP contribution in [0.5, 0.6) is 0 Å². The first-order valence-electron chi connectivity index (χ1n) is 7.64. The zero-order valence-corrected chi connectivity index (χ0v) is 15.6. The summed E-state index contributed by atoms with van der Waals surface area (Å²) < 4.78 is 24.9. The quantitative estimate of drug-likeness (QED) is 0.724. The molecular weight excluding hydrogens is 388 g/mol. The van der Waals surface area contributed by atoms with Gasteiger partial charge in [0.1, 0.15) is 17.6 Å². The van der Waals surface area contributed by atoms with Crippen molar-refractivity contribution in [1.82, 2.24) is 9.55 Å². The molecule has 0 unspecified atom stereocenters. The number of halogens is 1. The molecule has 0 atom stereocenters. The highest BCUT2D eigenvalue weighted by Gasteiger charge is 2.16. The minimum atomic E-state index is -3.48. The Bertz CT molecular complexity index is 1170.